The van der Waals surface area contributed by atoms with Crippen molar-refractivity contribution < 1.29 is 24.5 Å². The molecule has 1 rings (SSSR count). The lowest BCUT2D eigenvalue weighted by Gasteiger charge is -2.36. The average Bonchev–Trinajstić information content (AvgIpc) is 2.20. The first kappa shape index (κ1) is 15.2. The molecule has 0 aromatic carbocycles. The quantitative estimate of drug-likeness (QED) is 0.670. The average molecular weight is 261 g/mol. The number of nitrogens with one attached hydrogen (secondary N) is 1. The predicted octanol–water partition coefficient (Wildman–Crippen LogP) is 0.410. The molecule has 0 unspecified atom stereocenters. The third-order valence-corrected chi connectivity index (χ3v) is 2.84. The van der Waals surface area contributed by atoms with Crippen LogP contribution >= 0.6 is 0 Å². The highest BCUT2D eigenvalue weighted by Crippen LogP contribution is 2.22. The third-order valence-electron chi connectivity index (χ3n) is 2.84. The van der Waals surface area contributed by atoms with E-state index in [4.69, 9.17) is 9.47 Å². The Morgan fingerprint density at radius 2 is 1.89 bits per heavy atom. The van der Waals surface area contributed by atoms with E-state index < -0.39 is 30.0 Å². The van der Waals surface area contributed by atoms with Crippen LogP contribution in [0.2, 0.25) is 0 Å². The Balaban J connectivity index is 2.50. The summed E-state index contributed by atoms with van der Waals surface area (Å²) in [5.74, 6) is 0. The van der Waals surface area contributed by atoms with E-state index in [2.05, 4.69) is 5.32 Å². The fourth-order valence-electron chi connectivity index (χ4n) is 2.02. The highest BCUT2D eigenvalue weighted by Gasteiger charge is 2.37. The number of aliphatic hydroxyl groups is 2. The van der Waals surface area contributed by atoms with E-state index in [0.717, 1.165) is 0 Å². The van der Waals surface area contributed by atoms with Crippen LogP contribution in [0.4, 0.5) is 4.79 Å². The van der Waals surface area contributed by atoms with Crippen LogP contribution in [0.15, 0.2) is 0 Å². The van der Waals surface area contributed by atoms with Crippen molar-refractivity contribution in [3.8, 4) is 0 Å². The fraction of sp³-hybridized carbons (Fsp3) is 0.917. The van der Waals surface area contributed by atoms with Gasteiger partial charge in [-0.05, 0) is 33.6 Å². The van der Waals surface area contributed by atoms with Crippen LogP contribution in [0.5, 0.6) is 0 Å². The van der Waals surface area contributed by atoms with Crippen LogP contribution in [0.25, 0.3) is 0 Å². The second-order valence-electron chi connectivity index (χ2n) is 5.65. The summed E-state index contributed by atoms with van der Waals surface area (Å²) in [6, 6.07) is -0.261. The highest BCUT2D eigenvalue weighted by atomic mass is 16.6. The van der Waals surface area contributed by atoms with Crippen LogP contribution in [0.1, 0.15) is 33.6 Å². The zero-order chi connectivity index (χ0) is 13.9. The fourth-order valence-corrected chi connectivity index (χ4v) is 2.02. The summed E-state index contributed by atoms with van der Waals surface area (Å²) in [7, 11) is 1.47. The number of rotatable bonds is 2. The molecule has 1 aliphatic carbocycles. The molecule has 0 spiro atoms. The molecule has 106 valence electrons. The summed E-state index contributed by atoms with van der Waals surface area (Å²) in [5, 5.41) is 22.0. The van der Waals surface area contributed by atoms with Crippen LogP contribution in [0.3, 0.4) is 0 Å². The van der Waals surface area contributed by atoms with Gasteiger partial charge in [0.05, 0.1) is 12.2 Å². The molecule has 6 heteroatoms. The summed E-state index contributed by atoms with van der Waals surface area (Å²) < 4.78 is 10.2. The molecule has 1 aliphatic rings. The maximum Gasteiger partial charge on any atom is 0.407 e. The molecule has 0 saturated heterocycles. The summed E-state index contributed by atoms with van der Waals surface area (Å²) in [5.41, 5.74) is -0.558. The molecule has 0 radical (unpaired) electrons. The maximum absolute atomic E-state index is 11.6. The minimum Gasteiger partial charge on any atom is -0.444 e. The summed E-state index contributed by atoms with van der Waals surface area (Å²) in [6.07, 6.45) is -2.07. The number of amides is 1. The van der Waals surface area contributed by atoms with Crippen molar-refractivity contribution in [1.29, 1.82) is 0 Å². The second kappa shape index (κ2) is 5.86. The molecule has 4 atom stereocenters. The summed E-state index contributed by atoms with van der Waals surface area (Å²) in [4.78, 5) is 11.6. The Bertz CT molecular complexity index is 289. The number of aliphatic hydroxyl groups excluding tert-OH is 2. The van der Waals surface area contributed by atoms with Gasteiger partial charge in [0, 0.05) is 13.2 Å². The van der Waals surface area contributed by atoms with Crippen molar-refractivity contribution in [3.63, 3.8) is 0 Å². The molecule has 1 saturated carbocycles. The minimum absolute atomic E-state index is 0.261. The Morgan fingerprint density at radius 1 is 1.28 bits per heavy atom. The zero-order valence-electron chi connectivity index (χ0n) is 11.3. The van der Waals surface area contributed by atoms with Crippen LogP contribution < -0.4 is 5.32 Å². The van der Waals surface area contributed by atoms with Crippen LogP contribution in [-0.4, -0.2) is 53.4 Å². The number of hydrogen-bond donors (Lipinski definition) is 3. The molecule has 0 aromatic rings. The van der Waals surface area contributed by atoms with Gasteiger partial charge in [-0.25, -0.2) is 4.79 Å². The van der Waals surface area contributed by atoms with Crippen LogP contribution in [0, 0.1) is 0 Å². The second-order valence-corrected chi connectivity index (χ2v) is 5.65. The summed E-state index contributed by atoms with van der Waals surface area (Å²) >= 11 is 0. The Hall–Kier alpha value is -0.850. The lowest BCUT2D eigenvalue weighted by atomic mass is 9.88. The summed E-state index contributed by atoms with van der Waals surface area (Å²) in [6.45, 7) is 5.35. The minimum atomic E-state index is -0.910. The molecule has 1 fully saturated rings. The number of hydrogen-bond acceptors (Lipinski definition) is 5. The van der Waals surface area contributed by atoms with Gasteiger partial charge < -0.3 is 25.0 Å². The Labute approximate surface area is 107 Å². The Morgan fingerprint density at radius 3 is 2.39 bits per heavy atom. The van der Waals surface area contributed by atoms with E-state index in [1.807, 2.05) is 0 Å². The van der Waals surface area contributed by atoms with Crippen molar-refractivity contribution in [3.05, 3.63) is 0 Å². The molecule has 1 amide bonds. The van der Waals surface area contributed by atoms with Gasteiger partial charge in [0.25, 0.3) is 0 Å². The smallest absolute Gasteiger partial charge is 0.407 e. The number of alkyl carbamates (subject to hydrolysis) is 1. The number of ether oxygens (including phenoxy) is 2. The molecular formula is C12H23NO5. The van der Waals surface area contributed by atoms with Gasteiger partial charge in [0.2, 0.25) is 0 Å². The molecule has 3 N–H and O–H groups in total. The van der Waals surface area contributed by atoms with Crippen molar-refractivity contribution in [2.45, 2.75) is 63.6 Å². The Kier molecular flexibility index (Phi) is 4.95. The number of carbonyl (C=O) groups excluding carboxylic acids is 1. The van der Waals surface area contributed by atoms with Crippen LogP contribution in [-0.2, 0) is 9.47 Å². The van der Waals surface area contributed by atoms with E-state index >= 15 is 0 Å². The van der Waals surface area contributed by atoms with Gasteiger partial charge in [0.1, 0.15) is 11.7 Å². The van der Waals surface area contributed by atoms with E-state index in [0.29, 0.717) is 12.8 Å². The molecule has 18 heavy (non-hydrogen) atoms. The molecule has 0 bridgehead atoms. The van der Waals surface area contributed by atoms with Crippen molar-refractivity contribution in [1.82, 2.24) is 5.32 Å². The van der Waals surface area contributed by atoms with Gasteiger partial charge in [0.15, 0.2) is 0 Å². The standard InChI is InChI=1S/C12H23NO5/c1-12(2,3)18-11(16)13-7-5-8(14)10(15)9(6-7)17-4/h7-10,14-15H,5-6H2,1-4H3,(H,13,16)/t7-,8-,9-,10-/m0/s1. The maximum atomic E-state index is 11.6. The monoisotopic (exact) mass is 261 g/mol. The normalized spacial score (nSPS) is 33.0. The first-order valence-electron chi connectivity index (χ1n) is 6.11. The molecule has 6 nitrogen and oxygen atoms in total. The SMILES string of the molecule is CO[C@H]1C[C@@H](NC(=O)OC(C)(C)C)C[C@H](O)[C@@H]1O. The van der Waals surface area contributed by atoms with Gasteiger partial charge in [-0.1, -0.05) is 0 Å². The van der Waals surface area contributed by atoms with Crippen molar-refractivity contribution in [2.24, 2.45) is 0 Å². The lowest BCUT2D eigenvalue weighted by Crippen LogP contribution is -2.52. The first-order valence-corrected chi connectivity index (χ1v) is 6.11. The van der Waals surface area contributed by atoms with Gasteiger partial charge in [-0.3, -0.25) is 0 Å². The van der Waals surface area contributed by atoms with E-state index in [1.165, 1.54) is 7.11 Å². The van der Waals surface area contributed by atoms with Crippen molar-refractivity contribution >= 4 is 6.09 Å². The first-order chi connectivity index (χ1) is 8.23. The van der Waals surface area contributed by atoms with E-state index in [9.17, 15) is 15.0 Å². The zero-order valence-corrected chi connectivity index (χ0v) is 11.3. The van der Waals surface area contributed by atoms with Gasteiger partial charge in [-0.2, -0.15) is 0 Å². The predicted molar refractivity (Wildman–Crippen MR) is 65.2 cm³/mol. The van der Waals surface area contributed by atoms with Crippen molar-refractivity contribution in [2.75, 3.05) is 7.11 Å². The number of carbonyl (C=O) groups is 1. The molecule has 0 aliphatic heterocycles. The molecule has 0 aromatic heterocycles. The molecular weight excluding hydrogens is 238 g/mol. The van der Waals surface area contributed by atoms with Gasteiger partial charge >= 0.3 is 6.09 Å². The lowest BCUT2D eigenvalue weighted by molar-refractivity contribution is -0.107. The molecule has 0 heterocycles. The third kappa shape index (κ3) is 4.44. The highest BCUT2D eigenvalue weighted by molar-refractivity contribution is 5.68. The van der Waals surface area contributed by atoms with E-state index in [1.54, 1.807) is 20.8 Å². The largest absolute Gasteiger partial charge is 0.444 e. The topological polar surface area (TPSA) is 88.0 Å². The number of methoxy groups -OCH3 is 1. The van der Waals surface area contributed by atoms with Gasteiger partial charge in [-0.15, -0.1) is 0 Å². The van der Waals surface area contributed by atoms with E-state index in [-0.39, 0.29) is 6.04 Å².